The fraction of sp³-hybridized carbons (Fsp3) is 0.300. The summed E-state index contributed by atoms with van der Waals surface area (Å²) in [5.41, 5.74) is 2.75. The van der Waals surface area contributed by atoms with Crippen molar-refractivity contribution in [3.63, 3.8) is 0 Å². The summed E-state index contributed by atoms with van der Waals surface area (Å²) in [6.07, 6.45) is 0. The fourth-order valence-corrected chi connectivity index (χ4v) is 2.27. The first-order chi connectivity index (χ1) is 12.5. The molecule has 2 rings (SSSR count). The molecule has 0 aliphatic carbocycles. The van der Waals surface area contributed by atoms with E-state index in [1.807, 2.05) is 39.0 Å². The van der Waals surface area contributed by atoms with Crippen LogP contribution in [0.25, 0.3) is 0 Å². The monoisotopic (exact) mass is 357 g/mol. The molecule has 1 N–H and O–H groups in total. The van der Waals surface area contributed by atoms with Crippen LogP contribution >= 0.6 is 0 Å². The first-order valence-electron chi connectivity index (χ1n) is 8.36. The number of ether oxygens (including phenoxy) is 3. The van der Waals surface area contributed by atoms with Crippen molar-refractivity contribution >= 4 is 17.6 Å². The van der Waals surface area contributed by atoms with Crippen LogP contribution in [0.5, 0.6) is 11.5 Å². The van der Waals surface area contributed by atoms with Gasteiger partial charge in [0.1, 0.15) is 11.5 Å². The smallest absolute Gasteiger partial charge is 0.344 e. The van der Waals surface area contributed by atoms with Gasteiger partial charge in [0, 0.05) is 5.69 Å². The Labute approximate surface area is 153 Å². The lowest BCUT2D eigenvalue weighted by Crippen LogP contribution is -2.24. The van der Waals surface area contributed by atoms with Crippen LogP contribution in [-0.4, -0.2) is 31.7 Å². The standard InChI is InChI=1S/C20H23NO5/c1-4-24-16-6-8-17(9-7-16)25-13-20(23)26-12-19(22)21-18-10-5-14(2)11-15(18)3/h5-11H,4,12-13H2,1-3H3,(H,21,22). The lowest BCUT2D eigenvalue weighted by molar-refractivity contribution is -0.149. The lowest BCUT2D eigenvalue weighted by Gasteiger charge is -2.10. The molecule has 6 nitrogen and oxygen atoms in total. The third-order valence-corrected chi connectivity index (χ3v) is 3.51. The van der Waals surface area contributed by atoms with Crippen molar-refractivity contribution in [3.8, 4) is 11.5 Å². The van der Waals surface area contributed by atoms with E-state index in [1.165, 1.54) is 0 Å². The molecule has 0 radical (unpaired) electrons. The second kappa shape index (κ2) is 9.46. The number of rotatable bonds is 8. The van der Waals surface area contributed by atoms with E-state index in [9.17, 15) is 9.59 Å². The topological polar surface area (TPSA) is 73.9 Å². The van der Waals surface area contributed by atoms with Crippen LogP contribution in [0.3, 0.4) is 0 Å². The Morgan fingerprint density at radius 2 is 1.58 bits per heavy atom. The van der Waals surface area contributed by atoms with Crippen LogP contribution < -0.4 is 14.8 Å². The number of esters is 1. The highest BCUT2D eigenvalue weighted by atomic mass is 16.6. The van der Waals surface area contributed by atoms with Crippen LogP contribution in [0.4, 0.5) is 5.69 Å². The largest absolute Gasteiger partial charge is 0.494 e. The SMILES string of the molecule is CCOc1ccc(OCC(=O)OCC(=O)Nc2ccc(C)cc2C)cc1. The first kappa shape index (κ1) is 19.3. The zero-order chi connectivity index (χ0) is 18.9. The number of hydrogen-bond donors (Lipinski definition) is 1. The third kappa shape index (κ3) is 6.12. The minimum atomic E-state index is -0.616. The molecule has 6 heteroatoms. The second-order valence-corrected chi connectivity index (χ2v) is 5.72. The number of carbonyl (C=O) groups is 2. The van der Waals surface area contributed by atoms with E-state index in [-0.39, 0.29) is 13.2 Å². The van der Waals surface area contributed by atoms with Crippen molar-refractivity contribution in [1.29, 1.82) is 0 Å². The summed E-state index contributed by atoms with van der Waals surface area (Å²) in [5.74, 6) is 0.233. The maximum atomic E-state index is 11.9. The first-order valence-corrected chi connectivity index (χ1v) is 8.36. The number of carbonyl (C=O) groups excluding carboxylic acids is 2. The van der Waals surface area contributed by atoms with E-state index >= 15 is 0 Å². The summed E-state index contributed by atoms with van der Waals surface area (Å²) in [6, 6.07) is 12.6. The Morgan fingerprint density at radius 1 is 0.923 bits per heavy atom. The average molecular weight is 357 g/mol. The van der Waals surface area contributed by atoms with Gasteiger partial charge in [0.15, 0.2) is 13.2 Å². The average Bonchev–Trinajstić information content (AvgIpc) is 2.62. The van der Waals surface area contributed by atoms with Gasteiger partial charge in [0.05, 0.1) is 6.61 Å². The summed E-state index contributed by atoms with van der Waals surface area (Å²) in [7, 11) is 0. The van der Waals surface area contributed by atoms with Gasteiger partial charge in [-0.15, -0.1) is 0 Å². The van der Waals surface area contributed by atoms with Crippen molar-refractivity contribution in [3.05, 3.63) is 53.6 Å². The van der Waals surface area contributed by atoms with Gasteiger partial charge in [-0.1, -0.05) is 17.7 Å². The van der Waals surface area contributed by atoms with Gasteiger partial charge in [0.25, 0.3) is 5.91 Å². The quantitative estimate of drug-likeness (QED) is 0.734. The highest BCUT2D eigenvalue weighted by Crippen LogP contribution is 2.17. The van der Waals surface area contributed by atoms with Crippen LogP contribution in [0, 0.1) is 13.8 Å². The number of amides is 1. The molecule has 0 bridgehead atoms. The number of benzene rings is 2. The highest BCUT2D eigenvalue weighted by molar-refractivity contribution is 5.93. The summed E-state index contributed by atoms with van der Waals surface area (Å²) >= 11 is 0. The molecular weight excluding hydrogens is 334 g/mol. The van der Waals surface area contributed by atoms with E-state index in [2.05, 4.69) is 5.32 Å². The molecule has 0 saturated carbocycles. The van der Waals surface area contributed by atoms with Crippen molar-refractivity contribution in [2.24, 2.45) is 0 Å². The minimum Gasteiger partial charge on any atom is -0.494 e. The normalized spacial score (nSPS) is 10.1. The maximum Gasteiger partial charge on any atom is 0.344 e. The Balaban J connectivity index is 1.73. The van der Waals surface area contributed by atoms with Crippen molar-refractivity contribution in [1.82, 2.24) is 0 Å². The molecule has 0 aliphatic heterocycles. The Bertz CT molecular complexity index is 755. The van der Waals surface area contributed by atoms with E-state index in [4.69, 9.17) is 14.2 Å². The predicted octanol–water partition coefficient (Wildman–Crippen LogP) is 3.26. The minimum absolute atomic E-state index is 0.273. The molecular formula is C20H23NO5. The van der Waals surface area contributed by atoms with Gasteiger partial charge in [-0.25, -0.2) is 4.79 Å². The zero-order valence-corrected chi connectivity index (χ0v) is 15.2. The molecule has 26 heavy (non-hydrogen) atoms. The van der Waals surface area contributed by atoms with E-state index < -0.39 is 11.9 Å². The molecule has 2 aromatic carbocycles. The second-order valence-electron chi connectivity index (χ2n) is 5.72. The summed E-state index contributed by atoms with van der Waals surface area (Å²) in [4.78, 5) is 23.6. The maximum absolute atomic E-state index is 11.9. The molecule has 0 saturated heterocycles. The van der Waals surface area contributed by atoms with E-state index in [1.54, 1.807) is 24.3 Å². The van der Waals surface area contributed by atoms with Crippen molar-refractivity contribution < 1.29 is 23.8 Å². The van der Waals surface area contributed by atoms with Gasteiger partial charge >= 0.3 is 5.97 Å². The third-order valence-electron chi connectivity index (χ3n) is 3.51. The Hall–Kier alpha value is -3.02. The fourth-order valence-electron chi connectivity index (χ4n) is 2.27. The van der Waals surface area contributed by atoms with Gasteiger partial charge in [-0.05, 0) is 56.7 Å². The van der Waals surface area contributed by atoms with Crippen LogP contribution in [-0.2, 0) is 14.3 Å². The van der Waals surface area contributed by atoms with Crippen molar-refractivity contribution in [2.45, 2.75) is 20.8 Å². The zero-order valence-electron chi connectivity index (χ0n) is 15.2. The molecule has 0 aliphatic rings. The van der Waals surface area contributed by atoms with Gasteiger partial charge < -0.3 is 19.5 Å². The number of nitrogens with one attached hydrogen (secondary N) is 1. The van der Waals surface area contributed by atoms with E-state index in [0.29, 0.717) is 18.0 Å². The van der Waals surface area contributed by atoms with Crippen LogP contribution in [0.15, 0.2) is 42.5 Å². The number of anilines is 1. The molecule has 0 heterocycles. The predicted molar refractivity (Wildman–Crippen MR) is 98.6 cm³/mol. The summed E-state index contributed by atoms with van der Waals surface area (Å²) in [6.45, 7) is 5.72. The molecule has 0 unspecified atom stereocenters. The number of aryl methyl sites for hydroxylation is 2. The number of hydrogen-bond acceptors (Lipinski definition) is 5. The molecule has 2 aromatic rings. The van der Waals surface area contributed by atoms with Gasteiger partial charge in [-0.2, -0.15) is 0 Å². The Morgan fingerprint density at radius 3 is 2.19 bits per heavy atom. The molecule has 0 atom stereocenters. The van der Waals surface area contributed by atoms with Gasteiger partial charge in [-0.3, -0.25) is 4.79 Å². The highest BCUT2D eigenvalue weighted by Gasteiger charge is 2.10. The van der Waals surface area contributed by atoms with Gasteiger partial charge in [0.2, 0.25) is 0 Å². The Kier molecular flexibility index (Phi) is 7.02. The van der Waals surface area contributed by atoms with E-state index in [0.717, 1.165) is 16.9 Å². The lowest BCUT2D eigenvalue weighted by atomic mass is 10.1. The summed E-state index contributed by atoms with van der Waals surface area (Å²) < 4.78 is 15.6. The summed E-state index contributed by atoms with van der Waals surface area (Å²) in [5, 5.41) is 2.71. The van der Waals surface area contributed by atoms with Crippen LogP contribution in [0.1, 0.15) is 18.1 Å². The van der Waals surface area contributed by atoms with Crippen molar-refractivity contribution in [2.75, 3.05) is 25.1 Å². The molecule has 138 valence electrons. The molecule has 1 amide bonds. The molecule has 0 aromatic heterocycles. The molecule has 0 spiro atoms. The molecule has 0 fully saturated rings. The van der Waals surface area contributed by atoms with Crippen LogP contribution in [0.2, 0.25) is 0 Å².